The summed E-state index contributed by atoms with van der Waals surface area (Å²) in [5.74, 6) is 0.426. The van der Waals surface area contributed by atoms with Crippen LogP contribution >= 0.6 is 0 Å². The van der Waals surface area contributed by atoms with E-state index in [1.165, 1.54) is 12.1 Å². The Kier molecular flexibility index (Phi) is 8.21. The zero-order valence-electron chi connectivity index (χ0n) is 9.20. The first-order valence-electron chi connectivity index (χ1n) is 4.68. The molecule has 0 saturated carbocycles. The molecular formula is C13H10BrFMgO. The van der Waals surface area contributed by atoms with E-state index in [1.807, 2.05) is 24.3 Å². The third-order valence-electron chi connectivity index (χ3n) is 1.96. The van der Waals surface area contributed by atoms with E-state index in [2.05, 4.69) is 6.07 Å². The van der Waals surface area contributed by atoms with Crippen molar-refractivity contribution in [2.75, 3.05) is 0 Å². The predicted molar refractivity (Wildman–Crippen MR) is 61.8 cm³/mol. The monoisotopic (exact) mass is 304 g/mol. The molecule has 2 aromatic rings. The van der Waals surface area contributed by atoms with Crippen molar-refractivity contribution in [1.29, 1.82) is 0 Å². The molecule has 2 aromatic carbocycles. The van der Waals surface area contributed by atoms with Crippen LogP contribution in [0.4, 0.5) is 4.39 Å². The molecule has 0 fully saturated rings. The van der Waals surface area contributed by atoms with Crippen molar-refractivity contribution in [1.82, 2.24) is 0 Å². The van der Waals surface area contributed by atoms with E-state index in [0.29, 0.717) is 12.4 Å². The Morgan fingerprint density at radius 1 is 1.12 bits per heavy atom. The van der Waals surface area contributed by atoms with Gasteiger partial charge in [0.25, 0.3) is 0 Å². The van der Waals surface area contributed by atoms with Gasteiger partial charge in [0.2, 0.25) is 0 Å². The van der Waals surface area contributed by atoms with Gasteiger partial charge in [0, 0.05) is 5.75 Å². The SMILES string of the molecule is Fc1cccc(COc2[c-]cccc2)c1.[Br-].[Mg+2]. The van der Waals surface area contributed by atoms with E-state index in [-0.39, 0.29) is 45.9 Å². The molecule has 0 radical (unpaired) electrons. The number of benzene rings is 2. The summed E-state index contributed by atoms with van der Waals surface area (Å²) in [6.45, 7) is 0.359. The standard InChI is InChI=1S/C13H10FO.BrH.Mg/c14-12-6-4-5-11(9-12)10-15-13-7-2-1-3-8-13;;/h1-7,9H,10H2;1H;/q-1;;+2/p-1. The summed E-state index contributed by atoms with van der Waals surface area (Å²) in [5, 5.41) is 0. The number of hydrogen-bond acceptors (Lipinski definition) is 1. The molecule has 2 rings (SSSR count). The van der Waals surface area contributed by atoms with Crippen LogP contribution in [0.25, 0.3) is 0 Å². The molecule has 0 spiro atoms. The van der Waals surface area contributed by atoms with Crippen molar-refractivity contribution in [3.8, 4) is 5.75 Å². The van der Waals surface area contributed by atoms with Crippen molar-refractivity contribution in [2.45, 2.75) is 6.61 Å². The van der Waals surface area contributed by atoms with Crippen molar-refractivity contribution in [3.05, 3.63) is 66.0 Å². The van der Waals surface area contributed by atoms with Crippen LogP contribution in [0.1, 0.15) is 5.56 Å². The number of ether oxygens (including phenoxy) is 1. The molecule has 0 heterocycles. The molecule has 0 unspecified atom stereocenters. The predicted octanol–water partition coefficient (Wildman–Crippen LogP) is -0.172. The number of rotatable bonds is 3. The van der Waals surface area contributed by atoms with Crippen LogP contribution in [0.5, 0.6) is 5.75 Å². The second-order valence-corrected chi connectivity index (χ2v) is 3.15. The van der Waals surface area contributed by atoms with Gasteiger partial charge in [0.1, 0.15) is 12.4 Å². The summed E-state index contributed by atoms with van der Waals surface area (Å²) in [7, 11) is 0. The Morgan fingerprint density at radius 2 is 1.94 bits per heavy atom. The van der Waals surface area contributed by atoms with Gasteiger partial charge in [-0.3, -0.25) is 0 Å². The normalized spacial score (nSPS) is 8.76. The minimum atomic E-state index is -0.242. The maximum absolute atomic E-state index is 12.8. The molecule has 4 heteroatoms. The minimum Gasteiger partial charge on any atom is -1.00 e. The fraction of sp³-hybridized carbons (Fsp3) is 0.0769. The van der Waals surface area contributed by atoms with Crippen molar-refractivity contribution in [2.24, 2.45) is 0 Å². The van der Waals surface area contributed by atoms with Crippen LogP contribution in [0.15, 0.2) is 48.5 Å². The smallest absolute Gasteiger partial charge is 1.00 e. The van der Waals surface area contributed by atoms with Crippen molar-refractivity contribution >= 4 is 23.1 Å². The molecule has 0 aliphatic carbocycles. The van der Waals surface area contributed by atoms with Crippen LogP contribution < -0.4 is 21.7 Å². The van der Waals surface area contributed by atoms with Crippen LogP contribution in [-0.2, 0) is 6.61 Å². The molecule has 1 nitrogen and oxygen atoms in total. The Balaban J connectivity index is 0.00000128. The van der Waals surface area contributed by atoms with Crippen LogP contribution in [0, 0.1) is 11.9 Å². The van der Waals surface area contributed by atoms with Gasteiger partial charge in [-0.2, -0.15) is 18.2 Å². The van der Waals surface area contributed by atoms with Crippen molar-refractivity contribution < 1.29 is 26.1 Å². The summed E-state index contributed by atoms with van der Waals surface area (Å²) in [6, 6.07) is 16.6. The second-order valence-electron chi connectivity index (χ2n) is 3.15. The molecular weight excluding hydrogens is 295 g/mol. The van der Waals surface area contributed by atoms with E-state index in [0.717, 1.165) is 5.56 Å². The molecule has 0 amide bonds. The van der Waals surface area contributed by atoms with Gasteiger partial charge in [-0.25, -0.2) is 4.39 Å². The van der Waals surface area contributed by atoms with Gasteiger partial charge >= 0.3 is 23.1 Å². The first kappa shape index (κ1) is 16.4. The van der Waals surface area contributed by atoms with E-state index in [1.54, 1.807) is 12.1 Å². The molecule has 0 aliphatic rings. The van der Waals surface area contributed by atoms with Crippen LogP contribution in [0.3, 0.4) is 0 Å². The molecule has 17 heavy (non-hydrogen) atoms. The molecule has 0 N–H and O–H groups in total. The largest absolute Gasteiger partial charge is 2.00 e. The summed E-state index contributed by atoms with van der Waals surface area (Å²) >= 11 is 0. The zero-order chi connectivity index (χ0) is 10.5. The molecule has 84 valence electrons. The third kappa shape index (κ3) is 5.52. The Morgan fingerprint density at radius 3 is 2.59 bits per heavy atom. The number of para-hydroxylation sites is 1. The van der Waals surface area contributed by atoms with Gasteiger partial charge in [0.15, 0.2) is 0 Å². The molecule has 0 bridgehead atoms. The number of hydrogen-bond donors (Lipinski definition) is 0. The van der Waals surface area contributed by atoms with Crippen LogP contribution in [-0.4, -0.2) is 23.1 Å². The van der Waals surface area contributed by atoms with Gasteiger partial charge in [0.05, 0.1) is 0 Å². The summed E-state index contributed by atoms with van der Waals surface area (Å²) in [5.41, 5.74) is 0.812. The molecule has 0 aromatic heterocycles. The van der Waals surface area contributed by atoms with Gasteiger partial charge in [-0.15, -0.1) is 12.1 Å². The van der Waals surface area contributed by atoms with E-state index < -0.39 is 0 Å². The zero-order valence-corrected chi connectivity index (χ0v) is 12.2. The average molecular weight is 305 g/mol. The topological polar surface area (TPSA) is 9.23 Å². The Bertz CT molecular complexity index is 436. The van der Waals surface area contributed by atoms with Gasteiger partial charge < -0.3 is 21.7 Å². The van der Waals surface area contributed by atoms with E-state index in [4.69, 9.17) is 4.74 Å². The van der Waals surface area contributed by atoms with Gasteiger partial charge in [-0.1, -0.05) is 12.1 Å². The first-order valence-corrected chi connectivity index (χ1v) is 4.68. The minimum absolute atomic E-state index is 0. The fourth-order valence-electron chi connectivity index (χ4n) is 1.25. The maximum Gasteiger partial charge on any atom is 2.00 e. The summed E-state index contributed by atoms with van der Waals surface area (Å²) in [6.07, 6.45) is 0. The quantitative estimate of drug-likeness (QED) is 0.565. The summed E-state index contributed by atoms with van der Waals surface area (Å²) < 4.78 is 18.3. The molecule has 0 saturated heterocycles. The maximum atomic E-state index is 12.8. The van der Waals surface area contributed by atoms with E-state index >= 15 is 0 Å². The molecule has 0 atom stereocenters. The Hall–Kier alpha value is -0.584. The second kappa shape index (κ2) is 8.50. The third-order valence-corrected chi connectivity index (χ3v) is 1.96. The summed E-state index contributed by atoms with van der Waals surface area (Å²) in [4.78, 5) is 0. The average Bonchev–Trinajstić information content (AvgIpc) is 2.28. The van der Waals surface area contributed by atoms with E-state index in [9.17, 15) is 4.39 Å². The Labute approximate surface area is 127 Å². The number of halogens is 2. The fourth-order valence-corrected chi connectivity index (χ4v) is 1.25. The van der Waals surface area contributed by atoms with Crippen LogP contribution in [0.2, 0.25) is 0 Å². The van der Waals surface area contributed by atoms with Crippen molar-refractivity contribution in [3.63, 3.8) is 0 Å². The molecule has 0 aliphatic heterocycles. The van der Waals surface area contributed by atoms with Gasteiger partial charge in [-0.05, 0) is 17.7 Å². The first-order chi connectivity index (χ1) is 7.34.